The van der Waals surface area contributed by atoms with Crippen LogP contribution in [0.15, 0.2) is 24.3 Å². The molecule has 45 heavy (non-hydrogen) atoms. The molecule has 0 radical (unpaired) electrons. The zero-order valence-corrected chi connectivity index (χ0v) is 29.4. The maximum Gasteiger partial charge on any atom is 0.324 e. The van der Waals surface area contributed by atoms with Gasteiger partial charge < -0.3 is 23.7 Å². The number of rotatable bonds is 6. The van der Waals surface area contributed by atoms with Gasteiger partial charge in [-0.05, 0) is 65.8 Å². The Balaban J connectivity index is 1.69. The Labute approximate surface area is 289 Å². The lowest BCUT2D eigenvalue weighted by molar-refractivity contribution is -0.304. The summed E-state index contributed by atoms with van der Waals surface area (Å²) in [5, 5.41) is 0.0473. The van der Waals surface area contributed by atoms with Crippen LogP contribution in [0.25, 0.3) is 0 Å². The minimum atomic E-state index is -1.90. The monoisotopic (exact) mass is 742 g/mol. The van der Waals surface area contributed by atoms with Crippen LogP contribution in [0.3, 0.4) is 0 Å². The zero-order valence-electron chi connectivity index (χ0n) is 24.8. The van der Waals surface area contributed by atoms with Crippen molar-refractivity contribution in [2.45, 2.75) is 65.3 Å². The predicted octanol–water partition coefficient (Wildman–Crippen LogP) is 8.06. The second-order valence-electron chi connectivity index (χ2n) is 12.1. The Morgan fingerprint density at radius 2 is 0.889 bits per heavy atom. The average Bonchev–Trinajstić information content (AvgIpc) is 2.90. The van der Waals surface area contributed by atoms with Gasteiger partial charge in [-0.3, -0.25) is 19.2 Å². The summed E-state index contributed by atoms with van der Waals surface area (Å²) < 4.78 is 28.7. The van der Waals surface area contributed by atoms with Crippen LogP contribution < -0.4 is 0 Å². The quantitative estimate of drug-likeness (QED) is 0.165. The van der Waals surface area contributed by atoms with Gasteiger partial charge in [0.25, 0.3) is 0 Å². The van der Waals surface area contributed by atoms with E-state index in [1.165, 1.54) is 65.8 Å². The number of esters is 2. The van der Waals surface area contributed by atoms with Crippen molar-refractivity contribution in [1.29, 1.82) is 0 Å². The minimum absolute atomic E-state index is 0.0790. The largest absolute Gasteiger partial charge is 0.392 e. The molecule has 0 N–H and O–H groups in total. The number of halogens is 6. The van der Waals surface area contributed by atoms with Gasteiger partial charge >= 0.3 is 11.9 Å². The highest BCUT2D eigenvalue weighted by atomic mass is 35.5. The first-order valence-electron chi connectivity index (χ1n) is 13.4. The van der Waals surface area contributed by atoms with Crippen molar-refractivity contribution >= 4 is 93.1 Å². The molecule has 15 heteroatoms. The van der Waals surface area contributed by atoms with E-state index in [-0.39, 0.29) is 41.3 Å². The lowest BCUT2D eigenvalue weighted by Gasteiger charge is -2.46. The molecule has 2 aromatic carbocycles. The molecular formula is C30H28Cl6O9. The maximum absolute atomic E-state index is 13.9. The first kappa shape index (κ1) is 36.3. The summed E-state index contributed by atoms with van der Waals surface area (Å²) in [7, 11) is 0. The number of Topliss-reactive ketones (excluding diaryl/α,β-unsaturated/α-hetero) is 2. The number of ketones is 2. The van der Waals surface area contributed by atoms with Gasteiger partial charge in [-0.25, -0.2) is 0 Å². The lowest BCUT2D eigenvalue weighted by atomic mass is 9.78. The highest BCUT2D eigenvalue weighted by molar-refractivity contribution is 6.43. The molecule has 2 heterocycles. The fraction of sp³-hybridized carbons (Fsp3) is 0.467. The number of carbonyl (C=O) groups excluding carboxylic acids is 4. The number of hydrogen-bond donors (Lipinski definition) is 0. The van der Waals surface area contributed by atoms with Crippen molar-refractivity contribution in [2.24, 2.45) is 10.8 Å². The highest BCUT2D eigenvalue weighted by Crippen LogP contribution is 2.44. The standard InChI is InChI=1S/C30H28Cl6O9/c1-27(2)41-11-29(5,23(44-27)21(37)19-15(33)7-13(31)8-16(19)34)25(39)43-26(40)30(6)12-42-28(3,4)45-24(30)22(38)20-17(35)9-14(32)10-18(20)36/h7-10,23-24H,11-12H2,1-6H3. The van der Waals surface area contributed by atoms with E-state index in [4.69, 9.17) is 93.3 Å². The normalized spacial score (nSPS) is 27.5. The van der Waals surface area contributed by atoms with Crippen LogP contribution in [-0.4, -0.2) is 60.5 Å². The second kappa shape index (κ2) is 12.8. The summed E-state index contributed by atoms with van der Waals surface area (Å²) in [6, 6.07) is 5.25. The van der Waals surface area contributed by atoms with Gasteiger partial charge in [-0.15, -0.1) is 0 Å². The topological polar surface area (TPSA) is 114 Å². The van der Waals surface area contributed by atoms with Crippen LogP contribution in [0.2, 0.25) is 30.1 Å². The van der Waals surface area contributed by atoms with Crippen molar-refractivity contribution in [1.82, 2.24) is 0 Å². The van der Waals surface area contributed by atoms with E-state index < -0.39 is 71.3 Å². The van der Waals surface area contributed by atoms with Gasteiger partial charge in [0, 0.05) is 10.0 Å². The molecule has 2 saturated heterocycles. The Hall–Kier alpha value is -1.50. The van der Waals surface area contributed by atoms with Gasteiger partial charge in [0.05, 0.1) is 44.4 Å². The van der Waals surface area contributed by atoms with Crippen LogP contribution in [0.4, 0.5) is 0 Å². The van der Waals surface area contributed by atoms with E-state index in [1.807, 2.05) is 0 Å². The van der Waals surface area contributed by atoms with Crippen LogP contribution in [0.1, 0.15) is 62.3 Å². The van der Waals surface area contributed by atoms with Crippen molar-refractivity contribution < 1.29 is 42.9 Å². The number of benzene rings is 2. The van der Waals surface area contributed by atoms with Crippen molar-refractivity contribution in [3.63, 3.8) is 0 Å². The zero-order chi connectivity index (χ0) is 33.9. The van der Waals surface area contributed by atoms with Crippen molar-refractivity contribution in [2.75, 3.05) is 13.2 Å². The fourth-order valence-corrected chi connectivity index (χ4v) is 6.85. The van der Waals surface area contributed by atoms with E-state index in [1.54, 1.807) is 0 Å². The SMILES string of the molecule is CC1(C)OCC(C)(C(=O)OC(=O)C2(C)COC(C)(C)OC2C(=O)c2c(Cl)cc(Cl)cc2Cl)C(C(=O)c2c(Cl)cc(Cl)cc2Cl)O1. The molecule has 0 saturated carbocycles. The highest BCUT2D eigenvalue weighted by Gasteiger charge is 2.59. The van der Waals surface area contributed by atoms with Gasteiger partial charge in [-0.2, -0.15) is 0 Å². The third kappa shape index (κ3) is 7.18. The molecule has 4 unspecified atom stereocenters. The molecule has 4 atom stereocenters. The molecule has 0 aromatic heterocycles. The summed E-state index contributed by atoms with van der Waals surface area (Å²) >= 11 is 37.3. The van der Waals surface area contributed by atoms with Crippen LogP contribution in [0, 0.1) is 10.8 Å². The summed E-state index contributed by atoms with van der Waals surface area (Å²) in [5.74, 6) is -6.59. The van der Waals surface area contributed by atoms with Crippen molar-refractivity contribution in [3.05, 3.63) is 65.5 Å². The Kier molecular flexibility index (Phi) is 10.4. The van der Waals surface area contributed by atoms with E-state index in [0.29, 0.717) is 0 Å². The molecule has 2 aliphatic heterocycles. The van der Waals surface area contributed by atoms with Crippen LogP contribution in [-0.2, 0) is 33.3 Å². The summed E-state index contributed by atoms with van der Waals surface area (Å²) in [6.07, 6.45) is -3.15. The van der Waals surface area contributed by atoms with Crippen LogP contribution >= 0.6 is 69.6 Å². The van der Waals surface area contributed by atoms with Gasteiger partial charge in [0.15, 0.2) is 23.1 Å². The minimum Gasteiger partial charge on any atom is -0.392 e. The molecular weight excluding hydrogens is 717 g/mol. The fourth-order valence-electron chi connectivity index (χ4n) is 4.85. The summed E-state index contributed by atoms with van der Waals surface area (Å²) in [6.45, 7) is 8.00. The summed E-state index contributed by atoms with van der Waals surface area (Å²) in [4.78, 5) is 55.4. The Morgan fingerprint density at radius 1 is 0.600 bits per heavy atom. The number of carbonyl (C=O) groups is 4. The molecule has 2 aromatic rings. The van der Waals surface area contributed by atoms with Gasteiger partial charge in [0.1, 0.15) is 23.0 Å². The maximum atomic E-state index is 13.9. The Bertz CT molecular complexity index is 1430. The molecule has 2 fully saturated rings. The molecule has 0 amide bonds. The predicted molar refractivity (Wildman–Crippen MR) is 169 cm³/mol. The molecule has 4 rings (SSSR count). The third-order valence-electron chi connectivity index (χ3n) is 7.50. The van der Waals surface area contributed by atoms with Crippen molar-refractivity contribution in [3.8, 4) is 0 Å². The van der Waals surface area contributed by atoms with Gasteiger partial charge in [-0.1, -0.05) is 69.6 Å². The summed E-state index contributed by atoms with van der Waals surface area (Å²) in [5.41, 5.74) is -4.10. The molecule has 0 bridgehead atoms. The van der Waals surface area contributed by atoms with Crippen LogP contribution in [0.5, 0.6) is 0 Å². The lowest BCUT2D eigenvalue weighted by Crippen LogP contribution is -2.61. The second-order valence-corrected chi connectivity index (χ2v) is 14.6. The van der Waals surface area contributed by atoms with E-state index >= 15 is 0 Å². The van der Waals surface area contributed by atoms with E-state index in [0.717, 1.165) is 0 Å². The Morgan fingerprint density at radius 3 is 1.18 bits per heavy atom. The number of hydrogen-bond acceptors (Lipinski definition) is 9. The molecule has 0 aliphatic carbocycles. The van der Waals surface area contributed by atoms with E-state index in [2.05, 4.69) is 0 Å². The van der Waals surface area contributed by atoms with Gasteiger partial charge in [0.2, 0.25) is 0 Å². The smallest absolute Gasteiger partial charge is 0.324 e. The third-order valence-corrected chi connectivity index (χ3v) is 9.13. The molecule has 2 aliphatic rings. The first-order chi connectivity index (χ1) is 20.6. The average molecular weight is 745 g/mol. The first-order valence-corrected chi connectivity index (χ1v) is 15.7. The van der Waals surface area contributed by atoms with E-state index in [9.17, 15) is 19.2 Å². The molecule has 0 spiro atoms. The molecule has 244 valence electrons. The molecule has 9 nitrogen and oxygen atoms in total. The number of ether oxygens (including phenoxy) is 5.